The van der Waals surface area contributed by atoms with E-state index in [-0.39, 0.29) is 5.91 Å². The highest BCUT2D eigenvalue weighted by Gasteiger charge is 2.07. The predicted molar refractivity (Wildman–Crippen MR) is 108 cm³/mol. The third kappa shape index (κ3) is 6.19. The van der Waals surface area contributed by atoms with Crippen LogP contribution < -0.4 is 10.1 Å². The molecule has 0 heterocycles. The maximum atomic E-state index is 12.1. The molecule has 4 nitrogen and oxygen atoms in total. The van der Waals surface area contributed by atoms with Gasteiger partial charge in [0.15, 0.2) is 0 Å². The Morgan fingerprint density at radius 2 is 1.69 bits per heavy atom. The molecular formula is C22H30N2O2. The van der Waals surface area contributed by atoms with Gasteiger partial charge in [0.1, 0.15) is 12.4 Å². The zero-order valence-corrected chi connectivity index (χ0v) is 16.6. The fourth-order valence-corrected chi connectivity index (χ4v) is 2.62. The number of amides is 1. The van der Waals surface area contributed by atoms with Crippen LogP contribution in [0.5, 0.6) is 5.75 Å². The van der Waals surface area contributed by atoms with E-state index in [0.717, 1.165) is 23.5 Å². The molecule has 2 aromatic carbocycles. The molecule has 140 valence electrons. The molecule has 2 rings (SSSR count). The van der Waals surface area contributed by atoms with Crippen LogP contribution >= 0.6 is 0 Å². The number of hydrogen-bond donors (Lipinski definition) is 1. The van der Waals surface area contributed by atoms with Crippen molar-refractivity contribution in [2.45, 2.75) is 34.1 Å². The van der Waals surface area contributed by atoms with Crippen molar-refractivity contribution in [1.29, 1.82) is 0 Å². The Kier molecular flexibility index (Phi) is 7.22. The molecule has 0 atom stereocenters. The van der Waals surface area contributed by atoms with Gasteiger partial charge in [-0.1, -0.05) is 18.2 Å². The molecule has 0 spiro atoms. The summed E-state index contributed by atoms with van der Waals surface area (Å²) in [5, 5.41) is 2.96. The summed E-state index contributed by atoms with van der Waals surface area (Å²) in [6.07, 6.45) is 0.465. The maximum Gasteiger partial charge on any atom is 0.225 e. The van der Waals surface area contributed by atoms with Gasteiger partial charge in [-0.15, -0.1) is 0 Å². The van der Waals surface area contributed by atoms with E-state index in [0.29, 0.717) is 19.6 Å². The molecule has 0 saturated carbocycles. The minimum Gasteiger partial charge on any atom is -0.492 e. The first-order chi connectivity index (χ1) is 12.3. The van der Waals surface area contributed by atoms with Crippen molar-refractivity contribution in [1.82, 2.24) is 4.90 Å². The minimum absolute atomic E-state index is 0.0375. The molecule has 0 unspecified atom stereocenters. The molecule has 0 fully saturated rings. The van der Waals surface area contributed by atoms with E-state index >= 15 is 0 Å². The molecule has 0 saturated heterocycles. The van der Waals surface area contributed by atoms with Gasteiger partial charge < -0.3 is 15.0 Å². The average Bonchev–Trinajstić information content (AvgIpc) is 2.59. The number of rotatable bonds is 8. The lowest BCUT2D eigenvalue weighted by Gasteiger charge is -2.17. The van der Waals surface area contributed by atoms with Crippen LogP contribution in [-0.2, 0) is 4.79 Å². The predicted octanol–water partition coefficient (Wildman–Crippen LogP) is 4.26. The number of hydrogen-bond acceptors (Lipinski definition) is 3. The van der Waals surface area contributed by atoms with E-state index < -0.39 is 0 Å². The number of nitrogens with one attached hydrogen (secondary N) is 1. The third-order valence-electron chi connectivity index (χ3n) is 4.59. The topological polar surface area (TPSA) is 41.6 Å². The van der Waals surface area contributed by atoms with Crippen molar-refractivity contribution in [3.05, 3.63) is 58.7 Å². The summed E-state index contributed by atoms with van der Waals surface area (Å²) in [4.78, 5) is 14.2. The Balaban J connectivity index is 1.70. The van der Waals surface area contributed by atoms with E-state index in [9.17, 15) is 4.79 Å². The smallest absolute Gasteiger partial charge is 0.225 e. The van der Waals surface area contributed by atoms with Gasteiger partial charge in [-0.25, -0.2) is 0 Å². The molecule has 0 aliphatic heterocycles. The summed E-state index contributed by atoms with van der Waals surface area (Å²) in [7, 11) is 2.01. The van der Waals surface area contributed by atoms with Crippen LogP contribution in [0.4, 0.5) is 5.69 Å². The molecule has 0 aliphatic carbocycles. The number of likely N-dealkylation sites (N-methyl/N-ethyl adjacent to an activating group) is 1. The van der Waals surface area contributed by atoms with E-state index in [1.807, 2.05) is 25.2 Å². The Morgan fingerprint density at radius 1 is 0.962 bits per heavy atom. The summed E-state index contributed by atoms with van der Waals surface area (Å²) in [5.41, 5.74) is 5.61. The van der Waals surface area contributed by atoms with Crippen LogP contribution in [0.1, 0.15) is 28.7 Å². The molecule has 0 bridgehead atoms. The number of carbonyl (C=O) groups is 1. The van der Waals surface area contributed by atoms with E-state index in [1.54, 1.807) is 0 Å². The number of benzene rings is 2. The van der Waals surface area contributed by atoms with Crippen molar-refractivity contribution in [2.24, 2.45) is 0 Å². The number of carbonyl (C=O) groups excluding carboxylic acids is 1. The number of nitrogens with zero attached hydrogens (tertiary/aromatic N) is 1. The quantitative estimate of drug-likeness (QED) is 0.770. The maximum absolute atomic E-state index is 12.1. The van der Waals surface area contributed by atoms with Crippen LogP contribution in [0.25, 0.3) is 0 Å². The first kappa shape index (κ1) is 20.0. The molecule has 0 aliphatic rings. The van der Waals surface area contributed by atoms with Gasteiger partial charge >= 0.3 is 0 Å². The van der Waals surface area contributed by atoms with Gasteiger partial charge in [0.2, 0.25) is 5.91 Å². The second-order valence-corrected chi connectivity index (χ2v) is 7.02. The number of ether oxygens (including phenoxy) is 1. The fraction of sp³-hybridized carbons (Fsp3) is 0.409. The van der Waals surface area contributed by atoms with E-state index in [1.165, 1.54) is 16.7 Å². The average molecular weight is 354 g/mol. The third-order valence-corrected chi connectivity index (χ3v) is 4.59. The molecular weight excluding hydrogens is 324 g/mol. The molecule has 0 radical (unpaired) electrons. The fourth-order valence-electron chi connectivity index (χ4n) is 2.62. The minimum atomic E-state index is 0.0375. The lowest BCUT2D eigenvalue weighted by molar-refractivity contribution is -0.116. The van der Waals surface area contributed by atoms with Crippen LogP contribution in [-0.4, -0.2) is 37.6 Å². The van der Waals surface area contributed by atoms with Crippen LogP contribution in [0.15, 0.2) is 36.4 Å². The van der Waals surface area contributed by atoms with Gasteiger partial charge in [-0.2, -0.15) is 0 Å². The Labute approximate surface area is 157 Å². The molecule has 26 heavy (non-hydrogen) atoms. The van der Waals surface area contributed by atoms with Crippen LogP contribution in [0, 0.1) is 27.7 Å². The first-order valence-electron chi connectivity index (χ1n) is 9.11. The lowest BCUT2D eigenvalue weighted by atomic mass is 10.1. The van der Waals surface area contributed by atoms with Gasteiger partial charge in [0, 0.05) is 25.2 Å². The van der Waals surface area contributed by atoms with Crippen molar-refractivity contribution >= 4 is 11.6 Å². The standard InChI is InChI=1S/C22H30N2O2/c1-16-6-7-18(3)21(14-16)26-13-12-24(5)11-10-22(25)23-20-9-8-17(2)19(4)15-20/h6-9,14-15H,10-13H2,1-5H3,(H,23,25). The van der Waals surface area contributed by atoms with Crippen molar-refractivity contribution in [3.8, 4) is 5.75 Å². The highest BCUT2D eigenvalue weighted by molar-refractivity contribution is 5.90. The summed E-state index contributed by atoms with van der Waals surface area (Å²) < 4.78 is 5.87. The zero-order valence-electron chi connectivity index (χ0n) is 16.6. The van der Waals surface area contributed by atoms with E-state index in [2.05, 4.69) is 56.1 Å². The number of anilines is 1. The van der Waals surface area contributed by atoms with Gasteiger partial charge in [-0.3, -0.25) is 4.79 Å². The summed E-state index contributed by atoms with van der Waals surface area (Å²) in [6, 6.07) is 12.2. The second kappa shape index (κ2) is 9.39. The molecule has 1 N–H and O–H groups in total. The van der Waals surface area contributed by atoms with Crippen molar-refractivity contribution in [2.75, 3.05) is 32.1 Å². The lowest BCUT2D eigenvalue weighted by Crippen LogP contribution is -2.28. The summed E-state index contributed by atoms with van der Waals surface area (Å²) in [5.74, 6) is 0.974. The second-order valence-electron chi connectivity index (χ2n) is 7.02. The molecule has 4 heteroatoms. The normalized spacial score (nSPS) is 10.8. The zero-order chi connectivity index (χ0) is 19.1. The van der Waals surface area contributed by atoms with E-state index in [4.69, 9.17) is 4.74 Å². The molecule has 0 aromatic heterocycles. The SMILES string of the molecule is Cc1ccc(C)c(OCCN(C)CCC(=O)Nc2ccc(C)c(C)c2)c1. The summed E-state index contributed by atoms with van der Waals surface area (Å²) in [6.45, 7) is 10.3. The van der Waals surface area contributed by atoms with Crippen molar-refractivity contribution < 1.29 is 9.53 Å². The Morgan fingerprint density at radius 3 is 2.42 bits per heavy atom. The molecule has 1 amide bonds. The highest BCUT2D eigenvalue weighted by Crippen LogP contribution is 2.19. The van der Waals surface area contributed by atoms with Crippen LogP contribution in [0.3, 0.4) is 0 Å². The van der Waals surface area contributed by atoms with Crippen molar-refractivity contribution in [3.63, 3.8) is 0 Å². The molecule has 2 aromatic rings. The van der Waals surface area contributed by atoms with Gasteiger partial charge in [0.25, 0.3) is 0 Å². The monoisotopic (exact) mass is 354 g/mol. The van der Waals surface area contributed by atoms with Gasteiger partial charge in [-0.05, 0) is 75.2 Å². The first-order valence-corrected chi connectivity index (χ1v) is 9.11. The number of aryl methyl sites for hydroxylation is 4. The Bertz CT molecular complexity index is 756. The largest absolute Gasteiger partial charge is 0.492 e. The highest BCUT2D eigenvalue weighted by atomic mass is 16.5. The van der Waals surface area contributed by atoms with Crippen LogP contribution in [0.2, 0.25) is 0 Å². The summed E-state index contributed by atoms with van der Waals surface area (Å²) >= 11 is 0. The van der Waals surface area contributed by atoms with Gasteiger partial charge in [0.05, 0.1) is 0 Å². The Hall–Kier alpha value is -2.33.